The number of nitrogens with zero attached hydrogens (tertiary/aromatic N) is 4. The number of benzene rings is 1. The molecular formula is C27H38N4O5. The van der Waals surface area contributed by atoms with Gasteiger partial charge in [0.25, 0.3) is 0 Å². The molecule has 1 aromatic carbocycles. The molecule has 2 aliphatic rings. The summed E-state index contributed by atoms with van der Waals surface area (Å²) >= 11 is 0. The number of likely N-dealkylation sites (tertiary alicyclic amines) is 1. The van der Waals surface area contributed by atoms with Gasteiger partial charge in [-0.2, -0.15) is 0 Å². The summed E-state index contributed by atoms with van der Waals surface area (Å²) in [6.45, 7) is 10.5. The highest BCUT2D eigenvalue weighted by Crippen LogP contribution is 2.47. The third kappa shape index (κ3) is 5.90. The van der Waals surface area contributed by atoms with Crippen LogP contribution in [-0.2, 0) is 9.53 Å². The van der Waals surface area contributed by atoms with E-state index in [1.807, 2.05) is 11.0 Å². The lowest BCUT2D eigenvalue weighted by Crippen LogP contribution is -2.54. The second-order valence-corrected chi connectivity index (χ2v) is 10.5. The fraction of sp³-hybridized carbons (Fsp3) is 0.593. The molecule has 0 saturated carbocycles. The van der Waals surface area contributed by atoms with Crippen LogP contribution in [0.25, 0.3) is 0 Å². The van der Waals surface area contributed by atoms with Crippen molar-refractivity contribution in [1.82, 2.24) is 14.9 Å². The predicted molar refractivity (Wildman–Crippen MR) is 136 cm³/mol. The second kappa shape index (κ2) is 10.6. The summed E-state index contributed by atoms with van der Waals surface area (Å²) < 4.78 is 17.3. The van der Waals surface area contributed by atoms with Crippen LogP contribution in [-0.4, -0.2) is 77.7 Å². The first-order chi connectivity index (χ1) is 17.1. The van der Waals surface area contributed by atoms with Crippen molar-refractivity contribution in [2.45, 2.75) is 58.3 Å². The van der Waals surface area contributed by atoms with Gasteiger partial charge in [-0.05, 0) is 43.4 Å². The zero-order chi connectivity index (χ0) is 25.9. The van der Waals surface area contributed by atoms with Crippen molar-refractivity contribution >= 4 is 11.7 Å². The van der Waals surface area contributed by atoms with Crippen LogP contribution in [0.1, 0.15) is 52.0 Å². The van der Waals surface area contributed by atoms with Gasteiger partial charge in [0.05, 0.1) is 39.4 Å². The number of rotatable bonds is 10. The first kappa shape index (κ1) is 26.2. The molecule has 36 heavy (non-hydrogen) atoms. The molecule has 1 N–H and O–H groups in total. The van der Waals surface area contributed by atoms with Gasteiger partial charge in [-0.25, -0.2) is 4.98 Å². The number of ether oxygens (including phenoxy) is 3. The number of aliphatic hydroxyl groups is 1. The van der Waals surface area contributed by atoms with Crippen molar-refractivity contribution in [3.8, 4) is 11.5 Å². The maximum Gasteiger partial charge on any atom is 0.224 e. The van der Waals surface area contributed by atoms with Gasteiger partial charge in [0.2, 0.25) is 5.91 Å². The number of hydrogen-bond donors (Lipinski definition) is 1. The van der Waals surface area contributed by atoms with E-state index < -0.39 is 5.79 Å². The Balaban J connectivity index is 1.44. The Morgan fingerprint density at radius 2 is 2.00 bits per heavy atom. The van der Waals surface area contributed by atoms with Crippen LogP contribution < -0.4 is 14.4 Å². The van der Waals surface area contributed by atoms with Gasteiger partial charge in [-0.1, -0.05) is 19.9 Å². The summed E-state index contributed by atoms with van der Waals surface area (Å²) in [4.78, 5) is 25.5. The number of aromatic nitrogens is 2. The minimum absolute atomic E-state index is 0.0335. The monoisotopic (exact) mass is 498 g/mol. The number of anilines is 1. The third-order valence-electron chi connectivity index (χ3n) is 7.33. The summed E-state index contributed by atoms with van der Waals surface area (Å²) in [7, 11) is 1.65. The summed E-state index contributed by atoms with van der Waals surface area (Å²) in [5, 5.41) is 9.76. The third-order valence-corrected chi connectivity index (χ3v) is 7.33. The molecule has 0 bridgehead atoms. The first-order valence-corrected chi connectivity index (χ1v) is 12.6. The van der Waals surface area contributed by atoms with E-state index in [0.717, 1.165) is 36.6 Å². The van der Waals surface area contributed by atoms with Crippen molar-refractivity contribution in [3.05, 3.63) is 42.4 Å². The van der Waals surface area contributed by atoms with E-state index in [4.69, 9.17) is 14.2 Å². The summed E-state index contributed by atoms with van der Waals surface area (Å²) in [5.74, 6) is 1.25. The molecule has 1 amide bonds. The fourth-order valence-corrected chi connectivity index (χ4v) is 4.99. The Morgan fingerprint density at radius 3 is 2.64 bits per heavy atom. The zero-order valence-electron chi connectivity index (χ0n) is 21.9. The molecule has 4 rings (SSSR count). The van der Waals surface area contributed by atoms with E-state index >= 15 is 0 Å². The Labute approximate surface area is 213 Å². The zero-order valence-corrected chi connectivity index (χ0v) is 21.9. The van der Waals surface area contributed by atoms with Crippen molar-refractivity contribution in [2.75, 3.05) is 44.8 Å². The molecule has 2 fully saturated rings. The van der Waals surface area contributed by atoms with Crippen LogP contribution in [0.3, 0.4) is 0 Å². The molecule has 2 unspecified atom stereocenters. The molecule has 0 aliphatic carbocycles. The Bertz CT molecular complexity index is 1040. The quantitative estimate of drug-likeness (QED) is 0.499. The average molecular weight is 499 g/mol. The Hall–Kier alpha value is -2.91. The lowest BCUT2D eigenvalue weighted by atomic mass is 9.74. The van der Waals surface area contributed by atoms with Crippen LogP contribution in [0.4, 0.5) is 5.82 Å². The lowest BCUT2D eigenvalue weighted by Gasteiger charge is -2.39. The number of hydrogen-bond acceptors (Lipinski definition) is 8. The molecule has 2 atom stereocenters. The summed E-state index contributed by atoms with van der Waals surface area (Å²) in [6.07, 6.45) is 6.34. The van der Waals surface area contributed by atoms with E-state index in [-0.39, 0.29) is 36.4 Å². The topological polar surface area (TPSA) is 97.2 Å². The van der Waals surface area contributed by atoms with E-state index in [0.29, 0.717) is 18.8 Å². The maximum atomic E-state index is 12.9. The lowest BCUT2D eigenvalue weighted by molar-refractivity contribution is -0.178. The van der Waals surface area contributed by atoms with Gasteiger partial charge in [-0.15, -0.1) is 0 Å². The fourth-order valence-electron chi connectivity index (χ4n) is 4.99. The van der Waals surface area contributed by atoms with Crippen LogP contribution >= 0.6 is 0 Å². The second-order valence-electron chi connectivity index (χ2n) is 10.5. The first-order valence-electron chi connectivity index (χ1n) is 12.6. The number of carbonyl (C=O) groups excluding carboxylic acids is 1. The number of amides is 1. The highest BCUT2D eigenvalue weighted by Gasteiger charge is 2.44. The molecule has 2 aromatic rings. The van der Waals surface area contributed by atoms with Crippen molar-refractivity contribution in [2.24, 2.45) is 5.41 Å². The van der Waals surface area contributed by atoms with Gasteiger partial charge in [0.15, 0.2) is 17.3 Å². The van der Waals surface area contributed by atoms with E-state index in [9.17, 15) is 9.90 Å². The van der Waals surface area contributed by atoms with E-state index in [1.54, 1.807) is 39.5 Å². The molecule has 0 spiro atoms. The van der Waals surface area contributed by atoms with Gasteiger partial charge in [0, 0.05) is 31.4 Å². The van der Waals surface area contributed by atoms with Gasteiger partial charge >= 0.3 is 0 Å². The smallest absolute Gasteiger partial charge is 0.224 e. The van der Waals surface area contributed by atoms with Crippen molar-refractivity contribution < 1.29 is 24.1 Å². The van der Waals surface area contributed by atoms with Crippen LogP contribution in [0, 0.1) is 5.41 Å². The van der Waals surface area contributed by atoms with E-state index in [1.165, 1.54) is 0 Å². The maximum absolute atomic E-state index is 12.9. The normalized spacial score (nSPS) is 22.4. The molecule has 3 heterocycles. The Kier molecular flexibility index (Phi) is 7.70. The molecular weight excluding hydrogens is 460 g/mol. The summed E-state index contributed by atoms with van der Waals surface area (Å²) in [6, 6.07) is 6.12. The van der Waals surface area contributed by atoms with E-state index in [2.05, 4.69) is 40.8 Å². The largest absolute Gasteiger partial charge is 0.493 e. The van der Waals surface area contributed by atoms with Gasteiger partial charge in [-0.3, -0.25) is 9.78 Å². The van der Waals surface area contributed by atoms with Crippen LogP contribution in [0.2, 0.25) is 0 Å². The van der Waals surface area contributed by atoms with Gasteiger partial charge < -0.3 is 29.1 Å². The molecule has 2 aliphatic heterocycles. The molecule has 1 aromatic heterocycles. The standard InChI is InChI=1S/C27H38N4O5/c1-6-27(4)18-31(25(32)9-12-35-26(2,3)33)17-21(27)19-7-8-22(34-5)23(13-19)36-20-15-30(16-20)24-14-28-10-11-29-24/h7-8,10-11,13-14,20-21,33H,6,9,12,15-18H2,1-5H3. The van der Waals surface area contributed by atoms with Crippen molar-refractivity contribution in [1.29, 1.82) is 0 Å². The molecule has 9 nitrogen and oxygen atoms in total. The highest BCUT2D eigenvalue weighted by atomic mass is 16.6. The molecule has 2 saturated heterocycles. The number of carbonyl (C=O) groups is 1. The predicted octanol–water partition coefficient (Wildman–Crippen LogP) is 3.23. The van der Waals surface area contributed by atoms with Crippen LogP contribution in [0.5, 0.6) is 11.5 Å². The SMILES string of the molecule is CCC1(C)CN(C(=O)CCOC(C)(C)O)CC1c1ccc(OC)c(OC2CN(c3cnccn3)C2)c1. The summed E-state index contributed by atoms with van der Waals surface area (Å²) in [5.41, 5.74) is 1.08. The Morgan fingerprint density at radius 1 is 1.22 bits per heavy atom. The number of methoxy groups -OCH3 is 1. The minimum atomic E-state index is -1.24. The molecule has 196 valence electrons. The molecule has 0 radical (unpaired) electrons. The highest BCUT2D eigenvalue weighted by molar-refractivity contribution is 5.77. The molecule has 9 heteroatoms. The van der Waals surface area contributed by atoms with Crippen molar-refractivity contribution in [3.63, 3.8) is 0 Å². The minimum Gasteiger partial charge on any atom is -0.493 e. The average Bonchev–Trinajstić information content (AvgIpc) is 3.19. The van der Waals surface area contributed by atoms with Gasteiger partial charge in [0.1, 0.15) is 11.9 Å². The van der Waals surface area contributed by atoms with Crippen LogP contribution in [0.15, 0.2) is 36.8 Å².